The van der Waals surface area contributed by atoms with Crippen molar-refractivity contribution in [3.8, 4) is 0 Å². The number of rotatable bonds is 10. The molecule has 0 aliphatic rings. The van der Waals surface area contributed by atoms with Gasteiger partial charge in [-0.15, -0.1) is 0 Å². The molecule has 0 radical (unpaired) electrons. The molecule has 3 amide bonds. The molecule has 0 rings (SSSR count). The Morgan fingerprint density at radius 1 is 1.04 bits per heavy atom. The smallest absolute Gasteiger partial charge is 0.322 e. The molecule has 0 aromatic rings. The first-order chi connectivity index (χ1) is 11.1. The molecule has 4 atom stereocenters. The summed E-state index contributed by atoms with van der Waals surface area (Å²) < 4.78 is 0. The third-order valence-corrected chi connectivity index (χ3v) is 3.48. The van der Waals surface area contributed by atoms with E-state index in [4.69, 9.17) is 10.8 Å². The Morgan fingerprint density at radius 3 is 2.08 bits per heavy atom. The molecule has 0 aliphatic heterocycles. The van der Waals surface area contributed by atoms with Gasteiger partial charge in [0.1, 0.15) is 18.6 Å². The third kappa shape index (κ3) is 7.88. The van der Waals surface area contributed by atoms with Crippen molar-refractivity contribution in [2.45, 2.75) is 45.4 Å². The molecule has 24 heavy (non-hydrogen) atoms. The highest BCUT2D eigenvalue weighted by atomic mass is 16.4. The van der Waals surface area contributed by atoms with Crippen molar-refractivity contribution in [3.63, 3.8) is 0 Å². The predicted molar refractivity (Wildman–Crippen MR) is 84.7 cm³/mol. The molecule has 0 heterocycles. The highest BCUT2D eigenvalue weighted by Gasteiger charge is 2.29. The number of hydrogen-bond donors (Lipinski definition) is 6. The number of aliphatic carboxylic acids is 1. The van der Waals surface area contributed by atoms with Gasteiger partial charge in [-0.05, 0) is 12.8 Å². The van der Waals surface area contributed by atoms with Crippen molar-refractivity contribution in [3.05, 3.63) is 0 Å². The van der Waals surface area contributed by atoms with Gasteiger partial charge in [-0.3, -0.25) is 19.2 Å². The van der Waals surface area contributed by atoms with Gasteiger partial charge in [0.2, 0.25) is 17.7 Å². The summed E-state index contributed by atoms with van der Waals surface area (Å²) in [6.45, 7) is 3.95. The summed E-state index contributed by atoms with van der Waals surface area (Å²) in [4.78, 5) is 45.8. The number of amides is 3. The molecule has 0 aromatic heterocycles. The van der Waals surface area contributed by atoms with Gasteiger partial charge in [-0.2, -0.15) is 0 Å². The molecule has 7 N–H and O–H groups in total. The fourth-order valence-electron chi connectivity index (χ4n) is 1.68. The van der Waals surface area contributed by atoms with Crippen LogP contribution in [0.15, 0.2) is 0 Å². The van der Waals surface area contributed by atoms with E-state index in [1.54, 1.807) is 6.92 Å². The number of nitrogens with two attached hydrogens (primary N) is 1. The molecular formula is C14H26N4O6. The SMILES string of the molecule is CCC(C)C(NC(=O)C(N)C(C)O)C(=O)NCC(=O)NCC(=O)O. The van der Waals surface area contributed by atoms with E-state index in [2.05, 4.69) is 16.0 Å². The first kappa shape index (κ1) is 21.8. The van der Waals surface area contributed by atoms with Crippen LogP contribution < -0.4 is 21.7 Å². The van der Waals surface area contributed by atoms with E-state index in [0.29, 0.717) is 6.42 Å². The summed E-state index contributed by atoms with van der Waals surface area (Å²) in [5, 5.41) is 24.7. The molecule has 138 valence electrons. The number of carbonyl (C=O) groups is 4. The van der Waals surface area contributed by atoms with Gasteiger partial charge in [0.05, 0.1) is 12.6 Å². The van der Waals surface area contributed by atoms with Crippen molar-refractivity contribution in [1.82, 2.24) is 16.0 Å². The van der Waals surface area contributed by atoms with Gasteiger partial charge in [0, 0.05) is 0 Å². The van der Waals surface area contributed by atoms with Gasteiger partial charge >= 0.3 is 5.97 Å². The second-order valence-electron chi connectivity index (χ2n) is 5.53. The van der Waals surface area contributed by atoms with Crippen LogP contribution in [-0.4, -0.2) is 65.2 Å². The van der Waals surface area contributed by atoms with Gasteiger partial charge in [-0.1, -0.05) is 20.3 Å². The zero-order valence-corrected chi connectivity index (χ0v) is 14.0. The normalized spacial score (nSPS) is 15.5. The van der Waals surface area contributed by atoms with E-state index < -0.39 is 55.0 Å². The number of aliphatic hydroxyl groups is 1. The lowest BCUT2D eigenvalue weighted by Gasteiger charge is -2.25. The summed E-state index contributed by atoms with van der Waals surface area (Å²) in [6, 6.07) is -2.11. The largest absolute Gasteiger partial charge is 0.480 e. The standard InChI is InChI=1S/C14H26N4O6/c1-4-7(2)12(18-13(23)11(15)8(3)19)14(24)17-5-9(20)16-6-10(21)22/h7-8,11-12,19H,4-6,15H2,1-3H3,(H,16,20)(H,17,24)(H,18,23)(H,21,22). The maximum Gasteiger partial charge on any atom is 0.322 e. The van der Waals surface area contributed by atoms with E-state index in [0.717, 1.165) is 0 Å². The van der Waals surface area contributed by atoms with Gasteiger partial charge in [-0.25, -0.2) is 0 Å². The molecule has 0 saturated heterocycles. The molecule has 10 nitrogen and oxygen atoms in total. The van der Waals surface area contributed by atoms with Gasteiger partial charge in [0.15, 0.2) is 0 Å². The van der Waals surface area contributed by atoms with E-state index in [9.17, 15) is 24.3 Å². The van der Waals surface area contributed by atoms with Crippen molar-refractivity contribution < 1.29 is 29.4 Å². The van der Waals surface area contributed by atoms with Gasteiger partial charge < -0.3 is 31.9 Å². The molecule has 0 fully saturated rings. The fraction of sp³-hybridized carbons (Fsp3) is 0.714. The fourth-order valence-corrected chi connectivity index (χ4v) is 1.68. The van der Waals surface area contributed by atoms with E-state index in [1.807, 2.05) is 6.92 Å². The summed E-state index contributed by atoms with van der Waals surface area (Å²) in [5.74, 6) is -3.38. The third-order valence-electron chi connectivity index (χ3n) is 3.48. The highest BCUT2D eigenvalue weighted by molar-refractivity contribution is 5.92. The van der Waals surface area contributed by atoms with Gasteiger partial charge in [0.25, 0.3) is 0 Å². The molecular weight excluding hydrogens is 320 g/mol. The Labute approximate surface area is 140 Å². The topological polar surface area (TPSA) is 171 Å². The second kappa shape index (κ2) is 10.6. The molecule has 0 aliphatic carbocycles. The number of carboxylic acid groups (broad SMARTS) is 1. The van der Waals surface area contributed by atoms with Crippen LogP contribution in [0, 0.1) is 5.92 Å². The first-order valence-electron chi connectivity index (χ1n) is 7.60. The minimum atomic E-state index is -1.20. The van der Waals surface area contributed by atoms with Crippen LogP contribution in [0.3, 0.4) is 0 Å². The lowest BCUT2D eigenvalue weighted by Crippen LogP contribution is -2.57. The van der Waals surface area contributed by atoms with Crippen molar-refractivity contribution in [1.29, 1.82) is 0 Å². The molecule has 0 bridgehead atoms. The predicted octanol–water partition coefficient (Wildman–Crippen LogP) is -2.46. The highest BCUT2D eigenvalue weighted by Crippen LogP contribution is 2.08. The summed E-state index contributed by atoms with van der Waals surface area (Å²) in [5.41, 5.74) is 5.53. The molecule has 10 heteroatoms. The molecule has 0 aromatic carbocycles. The van der Waals surface area contributed by atoms with Crippen molar-refractivity contribution in [2.75, 3.05) is 13.1 Å². The number of hydrogen-bond acceptors (Lipinski definition) is 6. The van der Waals surface area contributed by atoms with Crippen molar-refractivity contribution >= 4 is 23.7 Å². The van der Waals surface area contributed by atoms with Crippen LogP contribution in [0.1, 0.15) is 27.2 Å². The second-order valence-corrected chi connectivity index (χ2v) is 5.53. The molecule has 4 unspecified atom stereocenters. The van der Waals surface area contributed by atoms with Crippen LogP contribution in [0.5, 0.6) is 0 Å². The Hall–Kier alpha value is -2.20. The Bertz CT molecular complexity index is 468. The average molecular weight is 346 g/mol. The summed E-state index contributed by atoms with van der Waals surface area (Å²) in [6.07, 6.45) is -0.500. The van der Waals surface area contributed by atoms with E-state index >= 15 is 0 Å². The number of carboxylic acids is 1. The average Bonchev–Trinajstić information content (AvgIpc) is 2.53. The van der Waals surface area contributed by atoms with Crippen LogP contribution in [-0.2, 0) is 19.2 Å². The quantitative estimate of drug-likeness (QED) is 0.255. The lowest BCUT2D eigenvalue weighted by molar-refractivity contribution is -0.138. The molecule has 0 spiro atoms. The Morgan fingerprint density at radius 2 is 1.62 bits per heavy atom. The Balaban J connectivity index is 4.70. The van der Waals surface area contributed by atoms with E-state index in [1.165, 1.54) is 6.92 Å². The van der Waals surface area contributed by atoms with Crippen LogP contribution in [0.4, 0.5) is 0 Å². The maximum absolute atomic E-state index is 12.2. The number of nitrogens with one attached hydrogen (secondary N) is 3. The zero-order chi connectivity index (χ0) is 18.9. The zero-order valence-electron chi connectivity index (χ0n) is 14.0. The van der Waals surface area contributed by atoms with Crippen LogP contribution in [0.2, 0.25) is 0 Å². The maximum atomic E-state index is 12.2. The monoisotopic (exact) mass is 346 g/mol. The summed E-state index contributed by atoms with van der Waals surface area (Å²) >= 11 is 0. The van der Waals surface area contributed by atoms with Crippen LogP contribution in [0.25, 0.3) is 0 Å². The lowest BCUT2D eigenvalue weighted by atomic mass is 9.97. The van der Waals surface area contributed by atoms with E-state index in [-0.39, 0.29) is 5.92 Å². The Kier molecular flexibility index (Phi) is 9.58. The number of carbonyl (C=O) groups excluding carboxylic acids is 3. The number of aliphatic hydroxyl groups excluding tert-OH is 1. The van der Waals surface area contributed by atoms with Crippen LogP contribution >= 0.6 is 0 Å². The first-order valence-corrected chi connectivity index (χ1v) is 7.60. The summed E-state index contributed by atoms with van der Waals surface area (Å²) in [7, 11) is 0. The van der Waals surface area contributed by atoms with Crippen molar-refractivity contribution in [2.24, 2.45) is 11.7 Å². The minimum absolute atomic E-state index is 0.239. The molecule has 0 saturated carbocycles. The minimum Gasteiger partial charge on any atom is -0.480 e.